The van der Waals surface area contributed by atoms with Crippen LogP contribution in [0.5, 0.6) is 0 Å². The summed E-state index contributed by atoms with van der Waals surface area (Å²) in [5.41, 5.74) is 0. The Morgan fingerprint density at radius 3 is 2.83 bits per heavy atom. The molecule has 0 radical (unpaired) electrons. The second-order valence-electron chi connectivity index (χ2n) is 5.88. The molecule has 2 rings (SSSR count). The van der Waals surface area contributed by atoms with Crippen molar-refractivity contribution < 1.29 is 0 Å². The fourth-order valence-corrected chi connectivity index (χ4v) is 2.96. The highest BCUT2D eigenvalue weighted by atomic mass is 35.5. The zero-order valence-corrected chi connectivity index (χ0v) is 12.3. The number of aromatic nitrogens is 3. The number of nitrogens with zero attached hydrogens (tertiary/aromatic N) is 4. The van der Waals surface area contributed by atoms with Crippen molar-refractivity contribution in [2.75, 3.05) is 13.6 Å². The van der Waals surface area contributed by atoms with Crippen LogP contribution in [0.25, 0.3) is 0 Å². The molecular formula is C13H23ClN4. The third-order valence-corrected chi connectivity index (χ3v) is 3.75. The van der Waals surface area contributed by atoms with Crippen LogP contribution >= 0.6 is 11.6 Å². The van der Waals surface area contributed by atoms with E-state index in [1.807, 2.05) is 4.68 Å². The first-order valence-corrected chi connectivity index (χ1v) is 7.17. The lowest BCUT2D eigenvalue weighted by atomic mass is 9.84. The molecule has 0 N–H and O–H groups in total. The molecular weight excluding hydrogens is 248 g/mol. The van der Waals surface area contributed by atoms with Gasteiger partial charge >= 0.3 is 0 Å². The van der Waals surface area contributed by atoms with E-state index in [0.29, 0.717) is 11.3 Å². The van der Waals surface area contributed by atoms with Gasteiger partial charge in [0.05, 0.1) is 6.54 Å². The molecule has 0 spiro atoms. The number of rotatable bonds is 6. The molecule has 1 aromatic rings. The van der Waals surface area contributed by atoms with Crippen LogP contribution in [0.2, 0.25) is 0 Å². The molecule has 5 heteroatoms. The van der Waals surface area contributed by atoms with Crippen molar-refractivity contribution in [1.82, 2.24) is 19.7 Å². The maximum atomic E-state index is 6.01. The van der Waals surface area contributed by atoms with Crippen LogP contribution in [0, 0.1) is 11.8 Å². The summed E-state index contributed by atoms with van der Waals surface area (Å²) in [5, 5.41) is 4.70. The smallest absolute Gasteiger partial charge is 0.141 e. The molecule has 1 aliphatic rings. The fraction of sp³-hybridized carbons (Fsp3) is 0.846. The number of alkyl halides is 1. The quantitative estimate of drug-likeness (QED) is 0.745. The molecule has 1 aliphatic carbocycles. The molecule has 0 bridgehead atoms. The Balaban J connectivity index is 1.82. The average Bonchev–Trinajstić information content (AvgIpc) is 2.62. The first-order chi connectivity index (χ1) is 8.54. The molecule has 1 fully saturated rings. The normalized spacial score (nSPS) is 23.7. The van der Waals surface area contributed by atoms with Crippen LogP contribution < -0.4 is 0 Å². The van der Waals surface area contributed by atoms with Crippen LogP contribution in [0.4, 0.5) is 0 Å². The maximum absolute atomic E-state index is 6.01. The van der Waals surface area contributed by atoms with Gasteiger partial charge in [-0.2, -0.15) is 5.10 Å². The predicted octanol–water partition coefficient (Wildman–Crippen LogP) is 2.38. The van der Waals surface area contributed by atoms with Crippen LogP contribution in [-0.4, -0.2) is 38.6 Å². The first kappa shape index (κ1) is 13.8. The third-order valence-electron chi connectivity index (χ3n) is 3.39. The maximum Gasteiger partial charge on any atom is 0.141 e. The van der Waals surface area contributed by atoms with Crippen LogP contribution in [0.15, 0.2) is 6.33 Å². The van der Waals surface area contributed by atoms with Crippen molar-refractivity contribution in [1.29, 1.82) is 0 Å². The standard InChI is InChI=1S/C13H23ClN4/c1-10(2)6-18-13(15-9-16-18)8-17(3)7-11-4-12(14)5-11/h9-12H,4-8H2,1-3H3. The summed E-state index contributed by atoms with van der Waals surface area (Å²) in [6, 6.07) is 0. The van der Waals surface area contributed by atoms with E-state index in [2.05, 4.69) is 35.9 Å². The fourth-order valence-electron chi connectivity index (χ4n) is 2.46. The van der Waals surface area contributed by atoms with Gasteiger partial charge in [0.15, 0.2) is 0 Å². The minimum Gasteiger partial charge on any atom is -0.299 e. The van der Waals surface area contributed by atoms with E-state index in [1.54, 1.807) is 6.33 Å². The topological polar surface area (TPSA) is 34.0 Å². The molecule has 0 aromatic carbocycles. The molecule has 1 aromatic heterocycles. The van der Waals surface area contributed by atoms with E-state index in [9.17, 15) is 0 Å². The SMILES string of the molecule is CC(C)Cn1ncnc1CN(C)CC1CC(Cl)C1. The Labute approximate surface area is 114 Å². The Bertz CT molecular complexity index is 371. The summed E-state index contributed by atoms with van der Waals surface area (Å²) in [5.74, 6) is 2.42. The van der Waals surface area contributed by atoms with E-state index in [0.717, 1.165) is 44.2 Å². The lowest BCUT2D eigenvalue weighted by Gasteiger charge is -2.34. The lowest BCUT2D eigenvalue weighted by Crippen LogP contribution is -2.35. The number of halogens is 1. The van der Waals surface area contributed by atoms with Gasteiger partial charge in [0, 0.05) is 18.5 Å². The molecule has 18 heavy (non-hydrogen) atoms. The lowest BCUT2D eigenvalue weighted by molar-refractivity contribution is 0.198. The summed E-state index contributed by atoms with van der Waals surface area (Å²) in [6.07, 6.45) is 3.97. The van der Waals surface area contributed by atoms with E-state index in [-0.39, 0.29) is 0 Å². The Hall–Kier alpha value is -0.610. The van der Waals surface area contributed by atoms with Crippen molar-refractivity contribution in [2.24, 2.45) is 11.8 Å². The number of hydrogen-bond donors (Lipinski definition) is 0. The van der Waals surface area contributed by atoms with Crippen LogP contribution in [0.3, 0.4) is 0 Å². The van der Waals surface area contributed by atoms with Crippen molar-refractivity contribution >= 4 is 11.6 Å². The zero-order chi connectivity index (χ0) is 13.1. The minimum absolute atomic E-state index is 0.410. The Kier molecular flexibility index (Phi) is 4.62. The molecule has 1 heterocycles. The third kappa shape index (κ3) is 3.69. The highest BCUT2D eigenvalue weighted by Gasteiger charge is 2.28. The van der Waals surface area contributed by atoms with Gasteiger partial charge in [-0.15, -0.1) is 11.6 Å². The molecule has 0 amide bonds. The summed E-state index contributed by atoms with van der Waals surface area (Å²) < 4.78 is 2.02. The average molecular weight is 271 g/mol. The van der Waals surface area contributed by atoms with Gasteiger partial charge < -0.3 is 0 Å². The molecule has 102 valence electrons. The van der Waals surface area contributed by atoms with Crippen molar-refractivity contribution in [3.8, 4) is 0 Å². The molecule has 0 unspecified atom stereocenters. The van der Waals surface area contributed by atoms with Gasteiger partial charge in [-0.05, 0) is 31.7 Å². The highest BCUT2D eigenvalue weighted by molar-refractivity contribution is 6.21. The summed E-state index contributed by atoms with van der Waals surface area (Å²) >= 11 is 6.01. The zero-order valence-electron chi connectivity index (χ0n) is 11.5. The Morgan fingerprint density at radius 2 is 2.22 bits per heavy atom. The van der Waals surface area contributed by atoms with Gasteiger partial charge in [-0.3, -0.25) is 4.90 Å². The molecule has 0 saturated heterocycles. The summed E-state index contributed by atoms with van der Waals surface area (Å²) in [6.45, 7) is 7.32. The molecule has 0 aliphatic heterocycles. The summed E-state index contributed by atoms with van der Waals surface area (Å²) in [7, 11) is 2.15. The van der Waals surface area contributed by atoms with Crippen molar-refractivity contribution in [2.45, 2.75) is 45.2 Å². The van der Waals surface area contributed by atoms with E-state index in [1.165, 1.54) is 0 Å². The van der Waals surface area contributed by atoms with Crippen LogP contribution in [-0.2, 0) is 13.1 Å². The molecule has 0 atom stereocenters. The van der Waals surface area contributed by atoms with E-state index in [4.69, 9.17) is 11.6 Å². The van der Waals surface area contributed by atoms with Gasteiger partial charge in [-0.1, -0.05) is 13.8 Å². The van der Waals surface area contributed by atoms with E-state index < -0.39 is 0 Å². The number of hydrogen-bond acceptors (Lipinski definition) is 3. The predicted molar refractivity (Wildman–Crippen MR) is 73.6 cm³/mol. The minimum atomic E-state index is 0.410. The molecule has 4 nitrogen and oxygen atoms in total. The second kappa shape index (κ2) is 6.02. The van der Waals surface area contributed by atoms with Gasteiger partial charge in [-0.25, -0.2) is 9.67 Å². The van der Waals surface area contributed by atoms with Crippen LogP contribution in [0.1, 0.15) is 32.5 Å². The van der Waals surface area contributed by atoms with E-state index >= 15 is 0 Å². The van der Waals surface area contributed by atoms with Gasteiger partial charge in [0.1, 0.15) is 12.2 Å². The largest absolute Gasteiger partial charge is 0.299 e. The highest BCUT2D eigenvalue weighted by Crippen LogP contribution is 2.32. The van der Waals surface area contributed by atoms with Crippen molar-refractivity contribution in [3.63, 3.8) is 0 Å². The van der Waals surface area contributed by atoms with Gasteiger partial charge in [0.2, 0.25) is 0 Å². The summed E-state index contributed by atoms with van der Waals surface area (Å²) in [4.78, 5) is 6.69. The van der Waals surface area contributed by atoms with Crippen molar-refractivity contribution in [3.05, 3.63) is 12.2 Å². The second-order valence-corrected chi connectivity index (χ2v) is 6.50. The van der Waals surface area contributed by atoms with Gasteiger partial charge in [0.25, 0.3) is 0 Å². The monoisotopic (exact) mass is 270 g/mol. The first-order valence-electron chi connectivity index (χ1n) is 6.74. The Morgan fingerprint density at radius 1 is 1.50 bits per heavy atom. The molecule has 1 saturated carbocycles.